The molecule has 0 amide bonds. The lowest BCUT2D eigenvalue weighted by Gasteiger charge is -2.33. The molecule has 1 atom stereocenters. The fraction of sp³-hybridized carbons (Fsp3) is 0.562. The Labute approximate surface area is 116 Å². The predicted octanol–water partition coefficient (Wildman–Crippen LogP) is 2.43. The zero-order valence-electron chi connectivity index (χ0n) is 11.7. The quantitative estimate of drug-likeness (QED) is 0.901. The summed E-state index contributed by atoms with van der Waals surface area (Å²) in [5.41, 5.74) is 8.98. The second kappa shape index (κ2) is 6.70. The number of nitrogens with two attached hydrogens (primary N) is 1. The van der Waals surface area contributed by atoms with Crippen LogP contribution in [0, 0.1) is 24.2 Å². The summed E-state index contributed by atoms with van der Waals surface area (Å²) in [6, 6.07) is 8.20. The van der Waals surface area contributed by atoms with Crippen LogP contribution in [0.5, 0.6) is 0 Å². The Morgan fingerprint density at radius 3 is 3.00 bits per heavy atom. The normalized spacial score (nSPS) is 20.2. The molecule has 1 unspecified atom stereocenters. The molecule has 1 aromatic rings. The maximum atomic E-state index is 8.90. The number of benzene rings is 1. The first-order valence-corrected chi connectivity index (χ1v) is 7.15. The third kappa shape index (κ3) is 3.79. The van der Waals surface area contributed by atoms with Crippen molar-refractivity contribution in [2.24, 2.45) is 11.7 Å². The second-order valence-electron chi connectivity index (χ2n) is 5.57. The Balaban J connectivity index is 1.99. The molecule has 19 heavy (non-hydrogen) atoms. The van der Waals surface area contributed by atoms with Crippen molar-refractivity contribution in [2.45, 2.75) is 32.7 Å². The van der Waals surface area contributed by atoms with Crippen LogP contribution in [0.1, 0.15) is 36.0 Å². The van der Waals surface area contributed by atoms with Gasteiger partial charge in [-0.25, -0.2) is 0 Å². The minimum atomic E-state index is 0.751. The van der Waals surface area contributed by atoms with Crippen LogP contribution in [0.4, 0.5) is 0 Å². The number of nitriles is 1. The molecule has 0 bridgehead atoms. The van der Waals surface area contributed by atoms with Crippen molar-refractivity contribution in [3.63, 3.8) is 0 Å². The largest absolute Gasteiger partial charge is 0.330 e. The first-order valence-electron chi connectivity index (χ1n) is 7.15. The third-order valence-corrected chi connectivity index (χ3v) is 4.04. The van der Waals surface area contributed by atoms with Gasteiger partial charge in [-0.15, -0.1) is 0 Å². The van der Waals surface area contributed by atoms with Crippen LogP contribution in [0.2, 0.25) is 0 Å². The molecule has 0 aromatic heterocycles. The zero-order chi connectivity index (χ0) is 13.7. The van der Waals surface area contributed by atoms with E-state index in [1.165, 1.54) is 30.5 Å². The summed E-state index contributed by atoms with van der Waals surface area (Å²) in [4.78, 5) is 2.53. The minimum Gasteiger partial charge on any atom is -0.330 e. The molecule has 0 saturated carbocycles. The Morgan fingerprint density at radius 2 is 2.32 bits per heavy atom. The van der Waals surface area contributed by atoms with Crippen molar-refractivity contribution in [3.8, 4) is 6.07 Å². The number of aryl methyl sites for hydroxylation is 1. The van der Waals surface area contributed by atoms with Crippen LogP contribution < -0.4 is 5.73 Å². The molecule has 0 radical (unpaired) electrons. The molecular weight excluding hydrogens is 234 g/mol. The minimum absolute atomic E-state index is 0.751. The Morgan fingerprint density at radius 1 is 1.47 bits per heavy atom. The molecule has 0 aliphatic carbocycles. The first kappa shape index (κ1) is 14.0. The van der Waals surface area contributed by atoms with Gasteiger partial charge in [-0.1, -0.05) is 6.07 Å². The lowest BCUT2D eigenvalue weighted by Crippen LogP contribution is -2.35. The van der Waals surface area contributed by atoms with Crippen molar-refractivity contribution in [2.75, 3.05) is 19.6 Å². The highest BCUT2D eigenvalue weighted by Crippen LogP contribution is 2.22. The summed E-state index contributed by atoms with van der Waals surface area (Å²) in [5, 5.41) is 8.90. The van der Waals surface area contributed by atoms with Gasteiger partial charge in [0.15, 0.2) is 0 Å². The van der Waals surface area contributed by atoms with Crippen LogP contribution in [0.25, 0.3) is 0 Å². The fourth-order valence-electron chi connectivity index (χ4n) is 2.95. The highest BCUT2D eigenvalue weighted by molar-refractivity contribution is 5.37. The first-order chi connectivity index (χ1) is 9.22. The number of piperidine rings is 1. The van der Waals surface area contributed by atoms with E-state index < -0.39 is 0 Å². The van der Waals surface area contributed by atoms with Gasteiger partial charge in [0.05, 0.1) is 11.6 Å². The lowest BCUT2D eigenvalue weighted by atomic mass is 9.94. The summed E-state index contributed by atoms with van der Waals surface area (Å²) in [6.45, 7) is 6.24. The number of likely N-dealkylation sites (tertiary alicyclic amines) is 1. The van der Waals surface area contributed by atoms with Gasteiger partial charge in [0.25, 0.3) is 0 Å². The Hall–Kier alpha value is -1.37. The Kier molecular flexibility index (Phi) is 4.95. The highest BCUT2D eigenvalue weighted by Gasteiger charge is 2.19. The molecule has 1 aromatic carbocycles. The highest BCUT2D eigenvalue weighted by atomic mass is 15.1. The molecule has 3 heteroatoms. The van der Waals surface area contributed by atoms with Gasteiger partial charge in [-0.05, 0) is 68.5 Å². The summed E-state index contributed by atoms with van der Waals surface area (Å²) < 4.78 is 0. The predicted molar refractivity (Wildman–Crippen MR) is 77.6 cm³/mol. The van der Waals surface area contributed by atoms with E-state index in [0.717, 1.165) is 37.5 Å². The third-order valence-electron chi connectivity index (χ3n) is 4.04. The second-order valence-corrected chi connectivity index (χ2v) is 5.57. The smallest absolute Gasteiger partial charge is 0.0991 e. The molecule has 102 valence electrons. The molecule has 2 rings (SSSR count). The number of rotatable bonds is 4. The molecule has 3 nitrogen and oxygen atoms in total. The van der Waals surface area contributed by atoms with E-state index in [1.807, 2.05) is 12.1 Å². The van der Waals surface area contributed by atoms with Crippen LogP contribution in [-0.4, -0.2) is 24.5 Å². The van der Waals surface area contributed by atoms with E-state index in [-0.39, 0.29) is 0 Å². The average Bonchev–Trinajstić information content (AvgIpc) is 2.42. The van der Waals surface area contributed by atoms with Crippen LogP contribution in [0.15, 0.2) is 18.2 Å². The van der Waals surface area contributed by atoms with E-state index in [9.17, 15) is 0 Å². The molecule has 0 spiro atoms. The topological polar surface area (TPSA) is 53.0 Å². The molecular formula is C16H23N3. The standard InChI is InChI=1S/C16H23N3/c1-13-9-15(10-18)4-5-16(13)12-19-8-2-3-14(11-19)6-7-17/h4-5,9,14H,2-3,6-8,11-12,17H2,1H3. The van der Waals surface area contributed by atoms with E-state index in [2.05, 4.69) is 24.0 Å². The number of hydrogen-bond acceptors (Lipinski definition) is 3. The molecule has 1 heterocycles. The van der Waals surface area contributed by atoms with Gasteiger partial charge in [0.2, 0.25) is 0 Å². The van der Waals surface area contributed by atoms with Crippen LogP contribution in [-0.2, 0) is 6.54 Å². The summed E-state index contributed by atoms with van der Waals surface area (Å²) in [6.07, 6.45) is 3.74. The van der Waals surface area contributed by atoms with Crippen LogP contribution in [0.3, 0.4) is 0 Å². The van der Waals surface area contributed by atoms with Crippen LogP contribution >= 0.6 is 0 Å². The fourth-order valence-corrected chi connectivity index (χ4v) is 2.95. The maximum Gasteiger partial charge on any atom is 0.0991 e. The van der Waals surface area contributed by atoms with Crippen molar-refractivity contribution in [1.82, 2.24) is 4.90 Å². The van der Waals surface area contributed by atoms with Gasteiger partial charge in [-0.3, -0.25) is 4.90 Å². The average molecular weight is 257 g/mol. The SMILES string of the molecule is Cc1cc(C#N)ccc1CN1CCCC(CCN)C1. The van der Waals surface area contributed by atoms with E-state index in [1.54, 1.807) is 0 Å². The van der Waals surface area contributed by atoms with Crippen molar-refractivity contribution in [3.05, 3.63) is 34.9 Å². The molecule has 1 saturated heterocycles. The number of nitrogens with zero attached hydrogens (tertiary/aromatic N) is 2. The summed E-state index contributed by atoms with van der Waals surface area (Å²) in [7, 11) is 0. The van der Waals surface area contributed by atoms with Crippen molar-refractivity contribution < 1.29 is 0 Å². The van der Waals surface area contributed by atoms with Crippen molar-refractivity contribution >= 4 is 0 Å². The van der Waals surface area contributed by atoms with E-state index >= 15 is 0 Å². The maximum absolute atomic E-state index is 8.90. The molecule has 1 aliphatic heterocycles. The van der Waals surface area contributed by atoms with Gasteiger partial charge in [0, 0.05) is 13.1 Å². The lowest BCUT2D eigenvalue weighted by molar-refractivity contribution is 0.163. The van der Waals surface area contributed by atoms with Gasteiger partial charge in [0.1, 0.15) is 0 Å². The van der Waals surface area contributed by atoms with Gasteiger partial charge >= 0.3 is 0 Å². The summed E-state index contributed by atoms with van der Waals surface area (Å²) in [5.74, 6) is 0.762. The summed E-state index contributed by atoms with van der Waals surface area (Å²) >= 11 is 0. The Bertz CT molecular complexity index is 460. The van der Waals surface area contributed by atoms with Crippen molar-refractivity contribution in [1.29, 1.82) is 5.26 Å². The molecule has 1 aliphatic rings. The molecule has 1 fully saturated rings. The van der Waals surface area contributed by atoms with E-state index in [4.69, 9.17) is 11.0 Å². The van der Waals surface area contributed by atoms with E-state index in [0.29, 0.717) is 0 Å². The number of hydrogen-bond donors (Lipinski definition) is 1. The monoisotopic (exact) mass is 257 g/mol. The van der Waals surface area contributed by atoms with Gasteiger partial charge < -0.3 is 5.73 Å². The molecule has 2 N–H and O–H groups in total. The zero-order valence-corrected chi connectivity index (χ0v) is 11.7. The van der Waals surface area contributed by atoms with Gasteiger partial charge in [-0.2, -0.15) is 5.26 Å².